The molecular formula is C6H7NOS. The Morgan fingerprint density at radius 3 is 3.44 bits per heavy atom. The Morgan fingerprint density at radius 2 is 2.56 bits per heavy atom. The first kappa shape index (κ1) is 6.55. The van der Waals surface area contributed by atoms with Crippen molar-refractivity contribution < 1.29 is 4.79 Å². The van der Waals surface area contributed by atoms with E-state index in [-0.39, 0.29) is 5.78 Å². The van der Waals surface area contributed by atoms with Crippen molar-refractivity contribution in [2.75, 3.05) is 0 Å². The van der Waals surface area contributed by atoms with E-state index < -0.39 is 0 Å². The Balaban J connectivity index is 2.50. The molecule has 48 valence electrons. The summed E-state index contributed by atoms with van der Waals surface area (Å²) in [5.74, 6) is 0.117. The lowest BCUT2D eigenvalue weighted by molar-refractivity contribution is -0.112. The minimum absolute atomic E-state index is 0.117. The second kappa shape index (κ2) is 3.45. The van der Waals surface area contributed by atoms with E-state index in [0.29, 0.717) is 6.42 Å². The van der Waals surface area contributed by atoms with Gasteiger partial charge in [0.15, 0.2) is 5.78 Å². The van der Waals surface area contributed by atoms with Crippen LogP contribution in [-0.2, 0) is 4.79 Å². The van der Waals surface area contributed by atoms with Crippen LogP contribution in [0.3, 0.4) is 0 Å². The molecule has 0 fully saturated rings. The minimum Gasteiger partial charge on any atom is -0.293 e. The molecule has 0 saturated heterocycles. The highest BCUT2D eigenvalue weighted by atomic mass is 32.2. The van der Waals surface area contributed by atoms with Crippen molar-refractivity contribution >= 4 is 23.9 Å². The zero-order chi connectivity index (χ0) is 6.53. The van der Waals surface area contributed by atoms with Crippen LogP contribution in [0.5, 0.6) is 0 Å². The summed E-state index contributed by atoms with van der Waals surface area (Å²) < 4.78 is 3.77. The molecule has 0 aliphatic carbocycles. The van der Waals surface area contributed by atoms with Crippen LogP contribution in [0.2, 0.25) is 0 Å². The summed E-state index contributed by atoms with van der Waals surface area (Å²) in [4.78, 5) is 10.6. The SMILES string of the molecule is O=C1/C=N\S/C=C\CC1. The maximum atomic E-state index is 10.6. The fourth-order valence-corrected chi connectivity index (χ4v) is 0.996. The smallest absolute Gasteiger partial charge is 0.174 e. The summed E-state index contributed by atoms with van der Waals surface area (Å²) in [7, 11) is 0. The molecule has 0 unspecified atom stereocenters. The first-order valence-electron chi connectivity index (χ1n) is 2.76. The molecule has 0 N–H and O–H groups in total. The molecule has 0 aromatic carbocycles. The van der Waals surface area contributed by atoms with Gasteiger partial charge in [-0.2, -0.15) is 0 Å². The van der Waals surface area contributed by atoms with Crippen molar-refractivity contribution in [1.82, 2.24) is 0 Å². The third-order valence-electron chi connectivity index (χ3n) is 0.972. The number of Topliss-reactive ketones (excluding diaryl/α,β-unsaturated/α-hetero) is 1. The van der Waals surface area contributed by atoms with Crippen LogP contribution in [0.4, 0.5) is 0 Å². The van der Waals surface area contributed by atoms with Gasteiger partial charge in [0.2, 0.25) is 0 Å². The zero-order valence-electron chi connectivity index (χ0n) is 4.91. The van der Waals surface area contributed by atoms with Gasteiger partial charge in [0.05, 0.1) is 6.21 Å². The number of allylic oxidation sites excluding steroid dienone is 1. The fourth-order valence-electron chi connectivity index (χ4n) is 0.526. The quantitative estimate of drug-likeness (QED) is 0.479. The monoisotopic (exact) mass is 141 g/mol. The Labute approximate surface area is 58.2 Å². The van der Waals surface area contributed by atoms with Crippen molar-refractivity contribution in [3.63, 3.8) is 0 Å². The maximum absolute atomic E-state index is 10.6. The largest absolute Gasteiger partial charge is 0.293 e. The molecule has 1 rings (SSSR count). The average molecular weight is 141 g/mol. The second-order valence-corrected chi connectivity index (χ2v) is 2.41. The van der Waals surface area contributed by atoms with E-state index in [2.05, 4.69) is 4.40 Å². The lowest BCUT2D eigenvalue weighted by Gasteiger charge is -1.91. The topological polar surface area (TPSA) is 29.4 Å². The van der Waals surface area contributed by atoms with Gasteiger partial charge >= 0.3 is 0 Å². The highest BCUT2D eigenvalue weighted by Gasteiger charge is 1.95. The lowest BCUT2D eigenvalue weighted by atomic mass is 10.2. The van der Waals surface area contributed by atoms with Crippen LogP contribution in [0.1, 0.15) is 12.8 Å². The van der Waals surface area contributed by atoms with E-state index in [9.17, 15) is 4.79 Å². The Hall–Kier alpha value is -0.570. The number of hydrogen-bond donors (Lipinski definition) is 0. The van der Waals surface area contributed by atoms with Gasteiger partial charge in [-0.15, -0.1) is 0 Å². The Morgan fingerprint density at radius 1 is 1.67 bits per heavy atom. The number of hydrogen-bond acceptors (Lipinski definition) is 3. The predicted octanol–water partition coefficient (Wildman–Crippen LogP) is 1.58. The molecular weight excluding hydrogens is 134 g/mol. The lowest BCUT2D eigenvalue weighted by Crippen LogP contribution is -1.97. The normalized spacial score (nSPS) is 26.4. The zero-order valence-corrected chi connectivity index (χ0v) is 5.73. The molecule has 0 spiro atoms. The molecule has 1 heterocycles. The number of carbonyl (C=O) groups excluding carboxylic acids is 1. The van der Waals surface area contributed by atoms with Crippen LogP contribution >= 0.6 is 11.9 Å². The number of ketones is 1. The first-order valence-corrected chi connectivity index (χ1v) is 3.60. The number of nitrogens with zero attached hydrogens (tertiary/aromatic N) is 1. The second-order valence-electron chi connectivity index (χ2n) is 1.72. The van der Waals surface area contributed by atoms with Gasteiger partial charge in [-0.05, 0) is 11.8 Å². The van der Waals surface area contributed by atoms with Crippen LogP contribution in [0.25, 0.3) is 0 Å². The van der Waals surface area contributed by atoms with Crippen molar-refractivity contribution in [3.8, 4) is 0 Å². The summed E-state index contributed by atoms with van der Waals surface area (Å²) in [6.45, 7) is 0. The van der Waals surface area contributed by atoms with E-state index in [1.54, 1.807) is 0 Å². The summed E-state index contributed by atoms with van der Waals surface area (Å²) in [5, 5.41) is 1.89. The number of carbonyl (C=O) groups is 1. The van der Waals surface area contributed by atoms with Crippen molar-refractivity contribution in [1.29, 1.82) is 0 Å². The van der Waals surface area contributed by atoms with Gasteiger partial charge in [-0.1, -0.05) is 6.08 Å². The van der Waals surface area contributed by atoms with E-state index in [1.165, 1.54) is 18.2 Å². The molecule has 0 aromatic heterocycles. The number of rotatable bonds is 0. The summed E-state index contributed by atoms with van der Waals surface area (Å²) in [6, 6.07) is 0. The van der Waals surface area contributed by atoms with Gasteiger partial charge in [-0.3, -0.25) is 4.79 Å². The van der Waals surface area contributed by atoms with Crippen molar-refractivity contribution in [2.45, 2.75) is 12.8 Å². The van der Waals surface area contributed by atoms with E-state index in [1.807, 2.05) is 11.5 Å². The third kappa shape index (κ3) is 2.46. The van der Waals surface area contributed by atoms with Crippen LogP contribution in [0.15, 0.2) is 15.9 Å². The molecule has 3 heteroatoms. The molecule has 0 atom stereocenters. The molecule has 0 amide bonds. The first-order chi connectivity index (χ1) is 4.39. The van der Waals surface area contributed by atoms with E-state index >= 15 is 0 Å². The molecule has 1 aliphatic heterocycles. The highest BCUT2D eigenvalue weighted by Crippen LogP contribution is 2.07. The molecule has 0 bridgehead atoms. The average Bonchev–Trinajstić information content (AvgIpc) is 1.79. The summed E-state index contributed by atoms with van der Waals surface area (Å²) >= 11 is 1.30. The molecule has 0 radical (unpaired) electrons. The Bertz CT molecular complexity index is 162. The van der Waals surface area contributed by atoms with Crippen LogP contribution in [0, 0.1) is 0 Å². The highest BCUT2D eigenvalue weighted by molar-refractivity contribution is 8.01. The van der Waals surface area contributed by atoms with Crippen LogP contribution < -0.4 is 0 Å². The third-order valence-corrected chi connectivity index (χ3v) is 1.51. The predicted molar refractivity (Wildman–Crippen MR) is 39.5 cm³/mol. The van der Waals surface area contributed by atoms with Gasteiger partial charge in [0.25, 0.3) is 0 Å². The Kier molecular flexibility index (Phi) is 2.51. The molecule has 9 heavy (non-hydrogen) atoms. The molecule has 0 aromatic rings. The van der Waals surface area contributed by atoms with Gasteiger partial charge in [0.1, 0.15) is 0 Å². The van der Waals surface area contributed by atoms with Gasteiger partial charge in [-0.25, -0.2) is 4.40 Å². The summed E-state index contributed by atoms with van der Waals surface area (Å²) in [6.07, 6.45) is 4.78. The summed E-state index contributed by atoms with van der Waals surface area (Å²) in [5.41, 5.74) is 0. The van der Waals surface area contributed by atoms with Crippen molar-refractivity contribution in [2.24, 2.45) is 4.40 Å². The van der Waals surface area contributed by atoms with Crippen LogP contribution in [-0.4, -0.2) is 12.0 Å². The molecule has 1 aliphatic rings. The molecule has 0 saturated carbocycles. The van der Waals surface area contributed by atoms with Crippen molar-refractivity contribution in [3.05, 3.63) is 11.5 Å². The van der Waals surface area contributed by atoms with Gasteiger partial charge < -0.3 is 0 Å². The fraction of sp³-hybridized carbons (Fsp3) is 0.333. The minimum atomic E-state index is 0.117. The van der Waals surface area contributed by atoms with Gasteiger partial charge in [0, 0.05) is 18.4 Å². The standard InChI is InChI=1S/C6H7NOS/c8-6-3-1-2-4-9-7-5-6/h2,4-5H,1,3H2/b4-2-,7-5-. The maximum Gasteiger partial charge on any atom is 0.174 e. The van der Waals surface area contributed by atoms with E-state index in [0.717, 1.165) is 6.42 Å². The molecule has 2 nitrogen and oxygen atoms in total. The van der Waals surface area contributed by atoms with E-state index in [4.69, 9.17) is 0 Å².